The highest BCUT2D eigenvalue weighted by atomic mass is 32.2. The summed E-state index contributed by atoms with van der Waals surface area (Å²) in [6, 6.07) is 2.65. The highest BCUT2D eigenvalue weighted by molar-refractivity contribution is 7.82. The third kappa shape index (κ3) is 4.70. The summed E-state index contributed by atoms with van der Waals surface area (Å²) in [5, 5.41) is 12.2. The van der Waals surface area contributed by atoms with Crippen molar-refractivity contribution in [2.24, 2.45) is 21.9 Å². The Labute approximate surface area is 175 Å². The molecule has 2 aliphatic rings. The van der Waals surface area contributed by atoms with Gasteiger partial charge in [0.2, 0.25) is 0 Å². The quantitative estimate of drug-likeness (QED) is 0.184. The number of amidine groups is 1. The van der Waals surface area contributed by atoms with E-state index in [1.54, 1.807) is 0 Å². The highest BCUT2D eigenvalue weighted by Crippen LogP contribution is 2.39. The van der Waals surface area contributed by atoms with E-state index in [-0.39, 0.29) is 11.4 Å². The van der Waals surface area contributed by atoms with E-state index in [9.17, 15) is 17.4 Å². The molecule has 168 valence electrons. The van der Waals surface area contributed by atoms with Crippen molar-refractivity contribution in [3.8, 4) is 0 Å². The van der Waals surface area contributed by atoms with Gasteiger partial charge >= 0.3 is 6.18 Å². The van der Waals surface area contributed by atoms with E-state index in [1.807, 2.05) is 4.90 Å². The van der Waals surface area contributed by atoms with Gasteiger partial charge in [-0.2, -0.15) is 18.3 Å². The SMILES string of the molecule is N/N=C(\NN)c1c(N2CCC(N3CCNCC3)CC2)ccc(C(F)(F)F)c1S(N)=O. The van der Waals surface area contributed by atoms with E-state index in [0.29, 0.717) is 24.8 Å². The molecule has 0 amide bonds. The maximum Gasteiger partial charge on any atom is 0.417 e. The van der Waals surface area contributed by atoms with Crippen molar-refractivity contribution < 1.29 is 17.4 Å². The van der Waals surface area contributed by atoms with Crippen LogP contribution in [0.4, 0.5) is 18.9 Å². The van der Waals surface area contributed by atoms with E-state index in [1.165, 1.54) is 6.07 Å². The number of rotatable bonds is 4. The van der Waals surface area contributed by atoms with Crippen molar-refractivity contribution in [2.75, 3.05) is 44.2 Å². The van der Waals surface area contributed by atoms with Crippen molar-refractivity contribution in [1.29, 1.82) is 0 Å². The summed E-state index contributed by atoms with van der Waals surface area (Å²) in [5.41, 5.74) is 1.43. The third-order valence-electron chi connectivity index (χ3n) is 5.62. The Morgan fingerprint density at radius 3 is 2.33 bits per heavy atom. The van der Waals surface area contributed by atoms with Crippen molar-refractivity contribution in [3.05, 3.63) is 23.3 Å². The fourth-order valence-electron chi connectivity index (χ4n) is 4.19. The molecule has 0 bridgehead atoms. The second-order valence-corrected chi connectivity index (χ2v) is 8.26. The molecular formula is C17H27F3N8OS. The molecule has 2 heterocycles. The van der Waals surface area contributed by atoms with Gasteiger partial charge in [0, 0.05) is 51.0 Å². The first-order valence-corrected chi connectivity index (χ1v) is 10.8. The van der Waals surface area contributed by atoms with E-state index < -0.39 is 27.6 Å². The first-order chi connectivity index (χ1) is 14.3. The maximum atomic E-state index is 13.6. The van der Waals surface area contributed by atoms with Gasteiger partial charge in [0.1, 0.15) is 11.0 Å². The summed E-state index contributed by atoms with van der Waals surface area (Å²) in [4.78, 5) is 3.79. The van der Waals surface area contributed by atoms with Crippen molar-refractivity contribution in [1.82, 2.24) is 15.6 Å². The number of halogens is 3. The number of nitrogens with one attached hydrogen (secondary N) is 2. The monoisotopic (exact) mass is 448 g/mol. The minimum absolute atomic E-state index is 0.0868. The van der Waals surface area contributed by atoms with E-state index >= 15 is 0 Å². The van der Waals surface area contributed by atoms with Crippen LogP contribution in [-0.2, 0) is 17.2 Å². The molecule has 0 aromatic heterocycles. The third-order valence-corrected chi connectivity index (χ3v) is 6.44. The first-order valence-electron chi connectivity index (χ1n) is 9.62. The lowest BCUT2D eigenvalue weighted by atomic mass is 9.99. The number of piperazine rings is 1. The topological polar surface area (TPSA) is 138 Å². The number of hydrogen-bond acceptors (Lipinski definition) is 7. The molecule has 0 radical (unpaired) electrons. The number of anilines is 1. The van der Waals surface area contributed by atoms with Gasteiger partial charge in [0.05, 0.1) is 16.0 Å². The summed E-state index contributed by atoms with van der Waals surface area (Å²) in [6.45, 7) is 5.10. The molecule has 0 aliphatic carbocycles. The maximum absolute atomic E-state index is 13.6. The van der Waals surface area contributed by atoms with Crippen LogP contribution in [0.15, 0.2) is 22.1 Å². The fourth-order valence-corrected chi connectivity index (χ4v) is 4.99. The molecule has 0 spiro atoms. The Hall–Kier alpha value is -1.93. The summed E-state index contributed by atoms with van der Waals surface area (Å²) in [7, 11) is -2.44. The molecule has 2 fully saturated rings. The van der Waals surface area contributed by atoms with Gasteiger partial charge in [0.15, 0.2) is 5.84 Å². The number of nitrogens with two attached hydrogens (primary N) is 3. The van der Waals surface area contributed by atoms with Gasteiger partial charge in [-0.15, -0.1) is 0 Å². The minimum atomic E-state index is -4.75. The summed E-state index contributed by atoms with van der Waals surface area (Å²) >= 11 is 0. The molecule has 1 unspecified atom stereocenters. The molecule has 1 atom stereocenters. The average molecular weight is 449 g/mol. The molecule has 13 heteroatoms. The largest absolute Gasteiger partial charge is 0.417 e. The molecule has 8 N–H and O–H groups in total. The van der Waals surface area contributed by atoms with Crippen LogP contribution in [-0.4, -0.2) is 60.3 Å². The van der Waals surface area contributed by atoms with Gasteiger partial charge in [-0.3, -0.25) is 4.90 Å². The molecule has 0 saturated carbocycles. The molecule has 3 rings (SSSR count). The molecule has 2 aliphatic heterocycles. The number of nitrogens with zero attached hydrogens (tertiary/aromatic N) is 3. The molecule has 30 heavy (non-hydrogen) atoms. The van der Waals surface area contributed by atoms with Crippen LogP contribution in [0, 0.1) is 0 Å². The van der Waals surface area contributed by atoms with Gasteiger partial charge < -0.3 is 21.5 Å². The Balaban J connectivity index is 1.96. The minimum Gasteiger partial charge on any atom is -0.371 e. The Morgan fingerprint density at radius 2 is 1.83 bits per heavy atom. The van der Waals surface area contributed by atoms with Crippen molar-refractivity contribution in [3.63, 3.8) is 0 Å². The van der Waals surface area contributed by atoms with Crippen LogP contribution in [0.1, 0.15) is 24.0 Å². The zero-order valence-electron chi connectivity index (χ0n) is 16.4. The first kappa shape index (κ1) is 22.7. The average Bonchev–Trinajstić information content (AvgIpc) is 2.74. The lowest BCUT2D eigenvalue weighted by Crippen LogP contribution is -2.52. The standard InChI is InChI=1S/C17H27F3N8OS/c18-17(19,20)12-1-2-13(14(15(12)30(23)29)16(25-21)26-22)28-7-3-11(4-8-28)27-9-5-24-6-10-27/h1-2,11,24H,3-10,21-23H2,(H,25,26). The molecule has 1 aromatic carbocycles. The Bertz CT molecular complexity index is 805. The second-order valence-electron chi connectivity index (χ2n) is 7.26. The second kappa shape index (κ2) is 9.47. The van der Waals surface area contributed by atoms with Gasteiger partial charge in [-0.1, -0.05) is 0 Å². The van der Waals surface area contributed by atoms with Crippen LogP contribution in [0.3, 0.4) is 0 Å². The van der Waals surface area contributed by atoms with E-state index in [4.69, 9.17) is 16.8 Å². The number of benzene rings is 1. The van der Waals surface area contributed by atoms with Gasteiger partial charge in [-0.25, -0.2) is 15.2 Å². The fraction of sp³-hybridized carbons (Fsp3) is 0.588. The molecule has 1 aromatic rings. The number of hydrogen-bond donors (Lipinski definition) is 5. The van der Waals surface area contributed by atoms with Crippen LogP contribution < -0.4 is 32.5 Å². The van der Waals surface area contributed by atoms with Crippen LogP contribution in [0.2, 0.25) is 0 Å². The van der Waals surface area contributed by atoms with E-state index in [0.717, 1.165) is 45.1 Å². The highest BCUT2D eigenvalue weighted by Gasteiger charge is 2.38. The number of alkyl halides is 3. The number of hydrazine groups is 1. The summed E-state index contributed by atoms with van der Waals surface area (Å²) in [5.74, 6) is 10.6. The molecule has 2 saturated heterocycles. The number of hydrazone groups is 1. The van der Waals surface area contributed by atoms with Crippen molar-refractivity contribution in [2.45, 2.75) is 30.0 Å². The normalized spacial score (nSPS) is 21.0. The predicted octanol–water partition coefficient (Wildman–Crippen LogP) is -0.356. The number of piperidine rings is 1. The molecular weight excluding hydrogens is 421 g/mol. The predicted molar refractivity (Wildman–Crippen MR) is 110 cm³/mol. The summed E-state index contributed by atoms with van der Waals surface area (Å²) in [6.07, 6.45) is -3.04. The lowest BCUT2D eigenvalue weighted by molar-refractivity contribution is -0.139. The van der Waals surface area contributed by atoms with E-state index in [2.05, 4.69) is 20.7 Å². The van der Waals surface area contributed by atoms with Gasteiger partial charge in [0.25, 0.3) is 0 Å². The summed E-state index contributed by atoms with van der Waals surface area (Å²) < 4.78 is 52.8. The lowest BCUT2D eigenvalue weighted by Gasteiger charge is -2.41. The van der Waals surface area contributed by atoms with Crippen LogP contribution in [0.25, 0.3) is 0 Å². The van der Waals surface area contributed by atoms with Gasteiger partial charge in [-0.05, 0) is 25.0 Å². The molecule has 9 nitrogen and oxygen atoms in total. The Morgan fingerprint density at radius 1 is 1.20 bits per heavy atom. The Kier molecular flexibility index (Phi) is 7.18. The van der Waals surface area contributed by atoms with Crippen LogP contribution in [0.5, 0.6) is 0 Å². The smallest absolute Gasteiger partial charge is 0.371 e. The zero-order valence-corrected chi connectivity index (χ0v) is 17.2. The van der Waals surface area contributed by atoms with Crippen molar-refractivity contribution >= 4 is 22.5 Å². The van der Waals surface area contributed by atoms with Crippen LogP contribution >= 0.6 is 0 Å². The zero-order chi connectivity index (χ0) is 21.9.